The lowest BCUT2D eigenvalue weighted by Crippen LogP contribution is -2.48. The monoisotopic (exact) mass is 437 g/mol. The van der Waals surface area contributed by atoms with Crippen LogP contribution in [-0.2, 0) is 27.4 Å². The van der Waals surface area contributed by atoms with Crippen molar-refractivity contribution in [1.29, 1.82) is 0 Å². The van der Waals surface area contributed by atoms with Crippen LogP contribution in [0.1, 0.15) is 41.2 Å². The zero-order valence-electron chi connectivity index (χ0n) is 19.3. The van der Waals surface area contributed by atoms with E-state index < -0.39 is 0 Å². The van der Waals surface area contributed by atoms with Crippen LogP contribution in [0, 0.1) is 6.92 Å². The minimum Gasteiger partial charge on any atom is -0.381 e. The summed E-state index contributed by atoms with van der Waals surface area (Å²) in [6, 6.07) is 17.1. The Kier molecular flexibility index (Phi) is 8.15. The average Bonchev–Trinajstić information content (AvgIpc) is 2.85. The Hall–Kier alpha value is -2.41. The van der Waals surface area contributed by atoms with Crippen molar-refractivity contribution < 1.29 is 14.2 Å². The Balaban J connectivity index is 1.31. The summed E-state index contributed by atoms with van der Waals surface area (Å²) in [6.07, 6.45) is 2.35. The topological polar surface area (TPSA) is 55.3 Å². The van der Waals surface area contributed by atoms with Gasteiger partial charge in [0, 0.05) is 33.4 Å². The molecule has 0 bridgehead atoms. The second kappa shape index (κ2) is 11.5. The molecule has 0 saturated carbocycles. The van der Waals surface area contributed by atoms with E-state index in [0.29, 0.717) is 19.3 Å². The van der Waals surface area contributed by atoms with Crippen LogP contribution in [0.25, 0.3) is 0 Å². The van der Waals surface area contributed by atoms with Crippen LogP contribution in [0.5, 0.6) is 0 Å². The van der Waals surface area contributed by atoms with Crippen molar-refractivity contribution in [3.63, 3.8) is 0 Å². The second-order valence-corrected chi connectivity index (χ2v) is 8.51. The van der Waals surface area contributed by atoms with E-state index in [-0.39, 0.29) is 6.10 Å². The molecule has 0 radical (unpaired) electrons. The highest BCUT2D eigenvalue weighted by atomic mass is 16.5. The molecule has 2 heterocycles. The molecule has 1 atom stereocenters. The van der Waals surface area contributed by atoms with Gasteiger partial charge in [-0.05, 0) is 42.0 Å². The number of hydrogen-bond donors (Lipinski definition) is 1. The van der Waals surface area contributed by atoms with Gasteiger partial charge < -0.3 is 24.4 Å². The van der Waals surface area contributed by atoms with Gasteiger partial charge in [0.2, 0.25) is 0 Å². The second-order valence-electron chi connectivity index (χ2n) is 8.51. The molecule has 0 aliphatic carbocycles. The SMILES string of the molecule is CN=C(NCc1cccc(COC2CCOCC2)c1)N1CCOC(c2ccccc2C)C1. The van der Waals surface area contributed by atoms with Gasteiger partial charge in [0.25, 0.3) is 0 Å². The van der Waals surface area contributed by atoms with Crippen LogP contribution in [0.2, 0.25) is 0 Å². The Morgan fingerprint density at radius 3 is 2.72 bits per heavy atom. The number of aliphatic imine (C=N–C) groups is 1. The Labute approximate surface area is 191 Å². The summed E-state index contributed by atoms with van der Waals surface area (Å²) in [5.74, 6) is 0.913. The quantitative estimate of drug-likeness (QED) is 0.550. The normalized spacial score (nSPS) is 20.4. The van der Waals surface area contributed by atoms with Gasteiger partial charge in [-0.15, -0.1) is 0 Å². The number of aryl methyl sites for hydroxylation is 1. The maximum atomic E-state index is 6.08. The number of nitrogens with zero attached hydrogens (tertiary/aromatic N) is 2. The molecule has 2 fully saturated rings. The fraction of sp³-hybridized carbons (Fsp3) is 0.500. The standard InChI is InChI=1S/C26H35N3O3/c1-20-6-3-4-9-24(20)25-18-29(12-15-31-25)26(27-2)28-17-21-7-5-8-22(16-21)19-32-23-10-13-30-14-11-23/h3-9,16,23,25H,10-15,17-19H2,1-2H3,(H,27,28). The molecule has 0 spiro atoms. The minimum atomic E-state index is 0.0640. The van der Waals surface area contributed by atoms with Crippen molar-refractivity contribution in [1.82, 2.24) is 10.2 Å². The molecule has 0 aromatic heterocycles. The maximum Gasteiger partial charge on any atom is 0.194 e. The van der Waals surface area contributed by atoms with Gasteiger partial charge in [0.05, 0.1) is 25.9 Å². The van der Waals surface area contributed by atoms with Crippen molar-refractivity contribution in [2.75, 3.05) is 40.0 Å². The number of morpholine rings is 1. The zero-order valence-corrected chi connectivity index (χ0v) is 19.3. The summed E-state index contributed by atoms with van der Waals surface area (Å²) in [6.45, 7) is 7.45. The summed E-state index contributed by atoms with van der Waals surface area (Å²) >= 11 is 0. The van der Waals surface area contributed by atoms with Crippen molar-refractivity contribution in [3.05, 3.63) is 70.8 Å². The molecule has 6 heteroatoms. The molecule has 2 aliphatic rings. The summed E-state index contributed by atoms with van der Waals surface area (Å²) in [5.41, 5.74) is 4.95. The molecule has 1 unspecified atom stereocenters. The third-order valence-electron chi connectivity index (χ3n) is 6.21. The predicted octanol–water partition coefficient (Wildman–Crippen LogP) is 3.84. The van der Waals surface area contributed by atoms with Crippen LogP contribution < -0.4 is 5.32 Å². The van der Waals surface area contributed by atoms with Gasteiger partial charge in [-0.1, -0.05) is 48.5 Å². The van der Waals surface area contributed by atoms with E-state index in [1.807, 2.05) is 7.05 Å². The number of rotatable bonds is 6. The van der Waals surface area contributed by atoms with Crippen LogP contribution in [0.3, 0.4) is 0 Å². The largest absolute Gasteiger partial charge is 0.381 e. The molecule has 32 heavy (non-hydrogen) atoms. The first kappa shape index (κ1) is 22.8. The molecule has 4 rings (SSSR count). The Morgan fingerprint density at radius 2 is 1.91 bits per heavy atom. The van der Waals surface area contributed by atoms with Gasteiger partial charge >= 0.3 is 0 Å². The Morgan fingerprint density at radius 1 is 1.09 bits per heavy atom. The van der Waals surface area contributed by atoms with Crippen LogP contribution in [0.4, 0.5) is 0 Å². The molecular formula is C26H35N3O3. The third kappa shape index (κ3) is 6.09. The molecule has 2 saturated heterocycles. The highest BCUT2D eigenvalue weighted by molar-refractivity contribution is 5.80. The zero-order chi connectivity index (χ0) is 22.2. The van der Waals surface area contributed by atoms with E-state index >= 15 is 0 Å². The molecule has 2 aliphatic heterocycles. The number of ether oxygens (including phenoxy) is 3. The van der Waals surface area contributed by atoms with E-state index in [0.717, 1.165) is 51.6 Å². The molecule has 2 aromatic rings. The van der Waals surface area contributed by atoms with E-state index in [2.05, 4.69) is 70.7 Å². The van der Waals surface area contributed by atoms with E-state index in [1.165, 1.54) is 22.3 Å². The van der Waals surface area contributed by atoms with Crippen molar-refractivity contribution in [3.8, 4) is 0 Å². The lowest BCUT2D eigenvalue weighted by molar-refractivity contribution is -0.0390. The predicted molar refractivity (Wildman–Crippen MR) is 127 cm³/mol. The van der Waals surface area contributed by atoms with E-state index in [9.17, 15) is 0 Å². The fourth-order valence-corrected chi connectivity index (χ4v) is 4.38. The molecule has 0 amide bonds. The van der Waals surface area contributed by atoms with Gasteiger partial charge in [-0.25, -0.2) is 0 Å². The maximum absolute atomic E-state index is 6.08. The van der Waals surface area contributed by atoms with E-state index in [4.69, 9.17) is 14.2 Å². The molecular weight excluding hydrogens is 402 g/mol. The van der Waals surface area contributed by atoms with Gasteiger partial charge in [-0.3, -0.25) is 4.99 Å². The molecule has 1 N–H and O–H groups in total. The molecule has 2 aromatic carbocycles. The van der Waals surface area contributed by atoms with Crippen molar-refractivity contribution in [2.45, 2.75) is 45.1 Å². The van der Waals surface area contributed by atoms with Crippen LogP contribution in [-0.4, -0.2) is 56.9 Å². The summed E-state index contributed by atoms with van der Waals surface area (Å²) in [7, 11) is 1.85. The van der Waals surface area contributed by atoms with Crippen molar-refractivity contribution in [2.24, 2.45) is 4.99 Å². The number of nitrogens with one attached hydrogen (secondary N) is 1. The summed E-state index contributed by atoms with van der Waals surface area (Å²) in [5, 5.41) is 3.54. The van der Waals surface area contributed by atoms with Gasteiger partial charge in [0.15, 0.2) is 5.96 Å². The number of guanidine groups is 1. The molecule has 6 nitrogen and oxygen atoms in total. The number of benzene rings is 2. The third-order valence-corrected chi connectivity index (χ3v) is 6.21. The number of hydrogen-bond acceptors (Lipinski definition) is 4. The molecule has 172 valence electrons. The van der Waals surface area contributed by atoms with Gasteiger partial charge in [-0.2, -0.15) is 0 Å². The smallest absolute Gasteiger partial charge is 0.194 e. The Bertz CT molecular complexity index is 895. The lowest BCUT2D eigenvalue weighted by atomic mass is 10.0. The summed E-state index contributed by atoms with van der Waals surface area (Å²) in [4.78, 5) is 6.83. The summed E-state index contributed by atoms with van der Waals surface area (Å²) < 4.78 is 17.6. The highest BCUT2D eigenvalue weighted by Gasteiger charge is 2.25. The first-order valence-corrected chi connectivity index (χ1v) is 11.6. The first-order chi connectivity index (χ1) is 15.7. The van der Waals surface area contributed by atoms with Crippen LogP contribution >= 0.6 is 0 Å². The first-order valence-electron chi connectivity index (χ1n) is 11.6. The minimum absolute atomic E-state index is 0.0640. The van der Waals surface area contributed by atoms with Crippen molar-refractivity contribution >= 4 is 5.96 Å². The van der Waals surface area contributed by atoms with Crippen LogP contribution in [0.15, 0.2) is 53.5 Å². The van der Waals surface area contributed by atoms with E-state index in [1.54, 1.807) is 0 Å². The fourth-order valence-electron chi connectivity index (χ4n) is 4.38. The highest BCUT2D eigenvalue weighted by Crippen LogP contribution is 2.25. The van der Waals surface area contributed by atoms with Gasteiger partial charge in [0.1, 0.15) is 6.10 Å². The average molecular weight is 438 g/mol. The lowest BCUT2D eigenvalue weighted by Gasteiger charge is -2.35.